The molecule has 0 aromatic carbocycles. The molecule has 0 amide bonds. The van der Waals surface area contributed by atoms with Crippen molar-refractivity contribution < 1.29 is 15.0 Å². The van der Waals surface area contributed by atoms with Gasteiger partial charge in [0, 0.05) is 5.88 Å². The van der Waals surface area contributed by atoms with E-state index in [-0.39, 0.29) is 12.2 Å². The highest BCUT2D eigenvalue weighted by Crippen LogP contribution is 2.17. The lowest BCUT2D eigenvalue weighted by Gasteiger charge is -2.20. The van der Waals surface area contributed by atoms with Gasteiger partial charge in [-0.3, -0.25) is 0 Å². The van der Waals surface area contributed by atoms with Gasteiger partial charge in [0.15, 0.2) is 0 Å². The summed E-state index contributed by atoms with van der Waals surface area (Å²) in [5, 5.41) is 16.0. The second-order valence-electron chi connectivity index (χ2n) is 2.24. The Balaban J connectivity index is 4.07. The minimum Gasteiger partial charge on any atom is -0.390 e. The van der Waals surface area contributed by atoms with Gasteiger partial charge in [0.2, 0.25) is 0 Å². The van der Waals surface area contributed by atoms with Crippen LogP contribution in [0.25, 0.3) is 0 Å². The van der Waals surface area contributed by atoms with E-state index in [0.717, 1.165) is 0 Å². The Hall–Kier alpha value is 0.460. The lowest BCUT2D eigenvalue weighted by Crippen LogP contribution is -2.38. The summed E-state index contributed by atoms with van der Waals surface area (Å²) < 4.78 is 0. The van der Waals surface area contributed by atoms with E-state index in [1.165, 1.54) is 0 Å². The van der Waals surface area contributed by atoms with E-state index in [2.05, 4.69) is 0 Å². The average Bonchev–Trinajstić information content (AvgIpc) is 2.12. The summed E-state index contributed by atoms with van der Waals surface area (Å²) in [6.45, 7) is 0. The molecule has 0 aliphatic heterocycles. The summed E-state index contributed by atoms with van der Waals surface area (Å²) in [5.74, 6) is -0.0943. The number of carbonyl (C=O) groups excluding carboxylic acids is 1. The topological polar surface area (TPSA) is 57.5 Å². The van der Waals surface area contributed by atoms with Crippen molar-refractivity contribution in [1.82, 2.24) is 0 Å². The fourth-order valence-corrected chi connectivity index (χ4v) is 1.31. The molecule has 0 fully saturated rings. The largest absolute Gasteiger partial charge is 0.390 e. The highest BCUT2D eigenvalue weighted by atomic mass is 35.5. The lowest BCUT2D eigenvalue weighted by molar-refractivity contribution is -0.115. The van der Waals surface area contributed by atoms with Gasteiger partial charge in [-0.15, -0.1) is 34.8 Å². The zero-order chi connectivity index (χ0) is 9.72. The quantitative estimate of drug-likeness (QED) is 0.534. The molecule has 0 saturated carbocycles. The van der Waals surface area contributed by atoms with Crippen molar-refractivity contribution in [2.45, 2.75) is 23.0 Å². The molecule has 2 N–H and O–H groups in total. The Morgan fingerprint density at radius 2 is 1.75 bits per heavy atom. The zero-order valence-electron chi connectivity index (χ0n) is 6.03. The van der Waals surface area contributed by atoms with Gasteiger partial charge in [-0.25, -0.2) is 0 Å². The van der Waals surface area contributed by atoms with E-state index >= 15 is 0 Å². The van der Waals surface area contributed by atoms with Gasteiger partial charge in [-0.05, 0) is 0 Å². The molecule has 6 heteroatoms. The third kappa shape index (κ3) is 3.46. The van der Waals surface area contributed by atoms with Crippen molar-refractivity contribution in [1.29, 1.82) is 0 Å². The normalized spacial score (nSPS) is 21.1. The Morgan fingerprint density at radius 3 is 2.08 bits per heavy atom. The van der Waals surface area contributed by atoms with E-state index in [4.69, 9.17) is 45.0 Å². The maximum atomic E-state index is 10.1. The van der Waals surface area contributed by atoms with Gasteiger partial charge >= 0.3 is 0 Å². The maximum Gasteiger partial charge on any atom is 0.150 e. The van der Waals surface area contributed by atoms with Gasteiger partial charge in [-0.2, -0.15) is 0 Å². The molecule has 0 spiro atoms. The number of aldehydes is 1. The van der Waals surface area contributed by atoms with Crippen LogP contribution in [0.3, 0.4) is 0 Å². The second-order valence-corrected chi connectivity index (χ2v) is 3.55. The first kappa shape index (κ1) is 12.5. The summed E-state index contributed by atoms with van der Waals surface area (Å²) in [6, 6.07) is 0. The fourth-order valence-electron chi connectivity index (χ4n) is 0.561. The van der Waals surface area contributed by atoms with Gasteiger partial charge in [0.25, 0.3) is 0 Å². The smallest absolute Gasteiger partial charge is 0.150 e. The van der Waals surface area contributed by atoms with Crippen LogP contribution in [0.2, 0.25) is 0 Å². The van der Waals surface area contributed by atoms with Crippen molar-refractivity contribution in [2.75, 3.05) is 5.88 Å². The minimum absolute atomic E-state index is 0.0943. The zero-order valence-corrected chi connectivity index (χ0v) is 8.30. The molecular weight excluding hydrogens is 226 g/mol. The van der Waals surface area contributed by atoms with E-state index < -0.39 is 23.0 Å². The molecule has 0 unspecified atom stereocenters. The molecule has 0 radical (unpaired) electrons. The van der Waals surface area contributed by atoms with Crippen molar-refractivity contribution in [3.05, 3.63) is 0 Å². The first-order valence-electron chi connectivity index (χ1n) is 3.20. The molecule has 3 nitrogen and oxygen atoms in total. The SMILES string of the molecule is O=C[C@@H](O)[C@@H](Cl)[C@H](Cl)[C@@H](O)CCl. The van der Waals surface area contributed by atoms with Crippen molar-refractivity contribution in [3.8, 4) is 0 Å². The number of carbonyl (C=O) groups is 1. The average molecular weight is 235 g/mol. The molecule has 0 aliphatic rings. The summed E-state index contributed by atoms with van der Waals surface area (Å²) in [7, 11) is 0. The molecular formula is C6H9Cl3O3. The van der Waals surface area contributed by atoms with Crippen LogP contribution in [0.5, 0.6) is 0 Å². The van der Waals surface area contributed by atoms with Gasteiger partial charge in [0.1, 0.15) is 12.4 Å². The molecule has 4 atom stereocenters. The molecule has 0 saturated heterocycles. The minimum atomic E-state index is -1.38. The van der Waals surface area contributed by atoms with Crippen molar-refractivity contribution >= 4 is 41.1 Å². The molecule has 72 valence electrons. The monoisotopic (exact) mass is 234 g/mol. The third-order valence-corrected chi connectivity index (χ3v) is 2.83. The number of hydrogen-bond donors (Lipinski definition) is 2. The van der Waals surface area contributed by atoms with Crippen LogP contribution in [0.4, 0.5) is 0 Å². The van der Waals surface area contributed by atoms with E-state index in [9.17, 15) is 4.79 Å². The first-order chi connectivity index (χ1) is 5.54. The highest BCUT2D eigenvalue weighted by Gasteiger charge is 2.29. The fraction of sp³-hybridized carbons (Fsp3) is 0.833. The van der Waals surface area contributed by atoms with Crippen LogP contribution in [0.1, 0.15) is 0 Å². The van der Waals surface area contributed by atoms with Crippen LogP contribution in [-0.2, 0) is 4.79 Å². The van der Waals surface area contributed by atoms with E-state index in [0.29, 0.717) is 0 Å². The number of rotatable bonds is 5. The number of aliphatic hydroxyl groups excluding tert-OH is 2. The summed E-state index contributed by atoms with van der Waals surface area (Å²) in [6.07, 6.45) is -2.16. The lowest BCUT2D eigenvalue weighted by atomic mass is 10.1. The molecule has 0 bridgehead atoms. The standard InChI is InChI=1S/C6H9Cl3O3/c7-1-3(11)5(8)6(9)4(12)2-10/h2-6,11-12H,1H2/t3-,4+,5+,6+/m0/s1. The number of alkyl halides is 3. The van der Waals surface area contributed by atoms with Gasteiger partial charge < -0.3 is 15.0 Å². The predicted molar refractivity (Wildman–Crippen MR) is 48.1 cm³/mol. The van der Waals surface area contributed by atoms with Crippen molar-refractivity contribution in [2.24, 2.45) is 0 Å². The molecule has 0 heterocycles. The molecule has 0 aromatic rings. The molecule has 0 rings (SSSR count). The number of halogens is 3. The predicted octanol–water partition coefficient (Wildman–Crippen LogP) is 0.361. The maximum absolute atomic E-state index is 10.1. The summed E-state index contributed by atoms with van der Waals surface area (Å²) >= 11 is 16.4. The highest BCUT2D eigenvalue weighted by molar-refractivity contribution is 6.31. The van der Waals surface area contributed by atoms with Crippen LogP contribution in [0.15, 0.2) is 0 Å². The Labute approximate surface area is 85.2 Å². The Morgan fingerprint density at radius 1 is 1.25 bits per heavy atom. The molecule has 0 aliphatic carbocycles. The Bertz CT molecular complexity index is 144. The van der Waals surface area contributed by atoms with Crippen LogP contribution in [0, 0.1) is 0 Å². The number of aliphatic hydroxyl groups is 2. The van der Waals surface area contributed by atoms with Crippen LogP contribution >= 0.6 is 34.8 Å². The summed E-state index contributed by atoms with van der Waals surface area (Å²) in [5.41, 5.74) is 0. The number of hydrogen-bond acceptors (Lipinski definition) is 3. The molecule has 0 aromatic heterocycles. The van der Waals surface area contributed by atoms with E-state index in [1.807, 2.05) is 0 Å². The van der Waals surface area contributed by atoms with Crippen LogP contribution < -0.4 is 0 Å². The van der Waals surface area contributed by atoms with Gasteiger partial charge in [0.05, 0.1) is 16.9 Å². The van der Waals surface area contributed by atoms with Gasteiger partial charge in [-0.1, -0.05) is 0 Å². The second kappa shape index (κ2) is 6.00. The first-order valence-corrected chi connectivity index (χ1v) is 4.60. The van der Waals surface area contributed by atoms with Crippen molar-refractivity contribution in [3.63, 3.8) is 0 Å². The third-order valence-electron chi connectivity index (χ3n) is 1.30. The molecule has 12 heavy (non-hydrogen) atoms. The van der Waals surface area contributed by atoms with E-state index in [1.54, 1.807) is 0 Å². The summed E-state index contributed by atoms with van der Waals surface area (Å²) in [4.78, 5) is 10.1. The van der Waals surface area contributed by atoms with Crippen LogP contribution in [-0.4, -0.2) is 45.3 Å². The Kier molecular flexibility index (Phi) is 6.23.